The summed E-state index contributed by atoms with van der Waals surface area (Å²) in [7, 11) is 0. The van der Waals surface area contributed by atoms with E-state index in [2.05, 4.69) is 19.2 Å². The summed E-state index contributed by atoms with van der Waals surface area (Å²) in [6, 6.07) is 0. The fourth-order valence-corrected chi connectivity index (χ4v) is 2.33. The fraction of sp³-hybridized carbons (Fsp3) is 1.00. The first kappa shape index (κ1) is 6.66. The average Bonchev–Trinajstić information content (AvgIpc) is 2.31. The molecule has 2 aliphatic rings. The van der Waals surface area contributed by atoms with Crippen molar-refractivity contribution in [3.8, 4) is 0 Å². The molecule has 0 radical (unpaired) electrons. The van der Waals surface area contributed by atoms with Crippen molar-refractivity contribution in [1.82, 2.24) is 5.32 Å². The van der Waals surface area contributed by atoms with Crippen LogP contribution in [0.4, 0.5) is 0 Å². The van der Waals surface area contributed by atoms with Gasteiger partial charge in [0.05, 0.1) is 0 Å². The molecule has 0 aromatic carbocycles. The van der Waals surface area contributed by atoms with Gasteiger partial charge in [-0.05, 0) is 43.2 Å². The van der Waals surface area contributed by atoms with E-state index in [9.17, 15) is 0 Å². The third-order valence-corrected chi connectivity index (χ3v) is 3.26. The summed E-state index contributed by atoms with van der Waals surface area (Å²) in [5.74, 6) is 2.05. The molecule has 1 N–H and O–H groups in total. The first-order chi connectivity index (χ1) is 4.70. The van der Waals surface area contributed by atoms with E-state index in [4.69, 9.17) is 0 Å². The van der Waals surface area contributed by atoms with Gasteiger partial charge in [-0.1, -0.05) is 13.8 Å². The Labute approximate surface area is 63.2 Å². The molecule has 1 saturated carbocycles. The number of hydrogen-bond acceptors (Lipinski definition) is 1. The van der Waals surface area contributed by atoms with Crippen LogP contribution in [0.5, 0.6) is 0 Å². The highest BCUT2D eigenvalue weighted by Crippen LogP contribution is 2.56. The SMILES string of the molecule is CC1(C)CC1C1CCNC1. The molecule has 0 aromatic rings. The molecule has 2 rings (SSSR count). The molecule has 1 aliphatic carbocycles. The summed E-state index contributed by atoms with van der Waals surface area (Å²) in [5.41, 5.74) is 0.691. The van der Waals surface area contributed by atoms with Gasteiger partial charge in [0.25, 0.3) is 0 Å². The molecular formula is C9H17N. The molecular weight excluding hydrogens is 122 g/mol. The topological polar surface area (TPSA) is 12.0 Å². The summed E-state index contributed by atoms with van der Waals surface area (Å²) in [6.07, 6.45) is 2.90. The van der Waals surface area contributed by atoms with Crippen LogP contribution in [0.25, 0.3) is 0 Å². The third-order valence-electron chi connectivity index (χ3n) is 3.26. The summed E-state index contributed by atoms with van der Waals surface area (Å²) in [6.45, 7) is 7.34. The molecule has 0 spiro atoms. The van der Waals surface area contributed by atoms with Gasteiger partial charge in [-0.15, -0.1) is 0 Å². The second-order valence-electron chi connectivity index (χ2n) is 4.55. The second kappa shape index (κ2) is 1.97. The number of hydrogen-bond donors (Lipinski definition) is 1. The van der Waals surface area contributed by atoms with Crippen LogP contribution >= 0.6 is 0 Å². The molecule has 1 aliphatic heterocycles. The average molecular weight is 139 g/mol. The maximum Gasteiger partial charge on any atom is -0.00172 e. The molecule has 1 heteroatoms. The Morgan fingerprint density at radius 1 is 1.40 bits per heavy atom. The van der Waals surface area contributed by atoms with Crippen molar-refractivity contribution in [2.24, 2.45) is 17.3 Å². The van der Waals surface area contributed by atoms with Crippen LogP contribution in [0, 0.1) is 17.3 Å². The molecule has 0 bridgehead atoms. The van der Waals surface area contributed by atoms with Crippen molar-refractivity contribution >= 4 is 0 Å². The van der Waals surface area contributed by atoms with Crippen molar-refractivity contribution in [1.29, 1.82) is 0 Å². The monoisotopic (exact) mass is 139 g/mol. The second-order valence-corrected chi connectivity index (χ2v) is 4.55. The fourth-order valence-electron chi connectivity index (χ4n) is 2.33. The van der Waals surface area contributed by atoms with E-state index in [1.807, 2.05) is 0 Å². The van der Waals surface area contributed by atoms with Crippen molar-refractivity contribution < 1.29 is 0 Å². The van der Waals surface area contributed by atoms with E-state index in [-0.39, 0.29) is 0 Å². The standard InChI is InChI=1S/C9H17N/c1-9(2)5-8(9)7-3-4-10-6-7/h7-8,10H,3-6H2,1-2H3. The van der Waals surface area contributed by atoms with Crippen molar-refractivity contribution in [2.75, 3.05) is 13.1 Å². The lowest BCUT2D eigenvalue weighted by atomic mass is 9.97. The van der Waals surface area contributed by atoms with Crippen LogP contribution in [-0.4, -0.2) is 13.1 Å². The Bertz CT molecular complexity index is 131. The quantitative estimate of drug-likeness (QED) is 0.582. The predicted octanol–water partition coefficient (Wildman–Crippen LogP) is 1.64. The molecule has 2 atom stereocenters. The van der Waals surface area contributed by atoms with E-state index in [1.165, 1.54) is 25.9 Å². The summed E-state index contributed by atoms with van der Waals surface area (Å²) < 4.78 is 0. The van der Waals surface area contributed by atoms with Crippen LogP contribution in [0.3, 0.4) is 0 Å². The van der Waals surface area contributed by atoms with E-state index in [1.54, 1.807) is 0 Å². The molecule has 2 fully saturated rings. The van der Waals surface area contributed by atoms with Gasteiger partial charge < -0.3 is 5.32 Å². The normalized spacial score (nSPS) is 43.8. The first-order valence-electron chi connectivity index (χ1n) is 4.41. The molecule has 10 heavy (non-hydrogen) atoms. The summed E-state index contributed by atoms with van der Waals surface area (Å²) in [4.78, 5) is 0. The van der Waals surface area contributed by atoms with Gasteiger partial charge in [0.2, 0.25) is 0 Å². The van der Waals surface area contributed by atoms with Gasteiger partial charge in [0, 0.05) is 0 Å². The molecule has 0 amide bonds. The largest absolute Gasteiger partial charge is 0.316 e. The van der Waals surface area contributed by atoms with Crippen molar-refractivity contribution in [3.63, 3.8) is 0 Å². The lowest BCUT2D eigenvalue weighted by molar-refractivity contribution is 0.421. The van der Waals surface area contributed by atoms with Gasteiger partial charge in [-0.2, -0.15) is 0 Å². The Morgan fingerprint density at radius 2 is 2.10 bits per heavy atom. The molecule has 1 nitrogen and oxygen atoms in total. The zero-order valence-electron chi connectivity index (χ0n) is 6.98. The van der Waals surface area contributed by atoms with Gasteiger partial charge in [-0.25, -0.2) is 0 Å². The zero-order chi connectivity index (χ0) is 7.19. The minimum absolute atomic E-state index is 0.691. The van der Waals surface area contributed by atoms with Crippen LogP contribution in [0.2, 0.25) is 0 Å². The minimum Gasteiger partial charge on any atom is -0.316 e. The van der Waals surface area contributed by atoms with Crippen LogP contribution < -0.4 is 5.32 Å². The summed E-state index contributed by atoms with van der Waals surface area (Å²) >= 11 is 0. The van der Waals surface area contributed by atoms with Crippen LogP contribution in [0.1, 0.15) is 26.7 Å². The van der Waals surface area contributed by atoms with E-state index >= 15 is 0 Å². The lowest BCUT2D eigenvalue weighted by Crippen LogP contribution is -2.12. The van der Waals surface area contributed by atoms with Gasteiger partial charge in [-0.3, -0.25) is 0 Å². The van der Waals surface area contributed by atoms with E-state index < -0.39 is 0 Å². The highest BCUT2D eigenvalue weighted by molar-refractivity contribution is 5.00. The van der Waals surface area contributed by atoms with Crippen molar-refractivity contribution in [3.05, 3.63) is 0 Å². The molecule has 0 aromatic heterocycles. The minimum atomic E-state index is 0.691. The zero-order valence-corrected chi connectivity index (χ0v) is 6.98. The van der Waals surface area contributed by atoms with Gasteiger partial charge in [0.15, 0.2) is 0 Å². The molecule has 2 unspecified atom stereocenters. The van der Waals surface area contributed by atoms with Gasteiger partial charge in [0.1, 0.15) is 0 Å². The lowest BCUT2D eigenvalue weighted by Gasteiger charge is -2.08. The van der Waals surface area contributed by atoms with Crippen LogP contribution in [0.15, 0.2) is 0 Å². The van der Waals surface area contributed by atoms with E-state index in [0.717, 1.165) is 11.8 Å². The Hall–Kier alpha value is -0.0400. The Kier molecular flexibility index (Phi) is 1.31. The first-order valence-corrected chi connectivity index (χ1v) is 4.41. The smallest absolute Gasteiger partial charge is 0.00172 e. The highest BCUT2D eigenvalue weighted by Gasteiger charge is 2.50. The molecule has 1 saturated heterocycles. The third kappa shape index (κ3) is 0.968. The molecule has 58 valence electrons. The van der Waals surface area contributed by atoms with E-state index in [0.29, 0.717) is 5.41 Å². The molecule has 1 heterocycles. The predicted molar refractivity (Wildman–Crippen MR) is 42.9 cm³/mol. The maximum atomic E-state index is 3.43. The summed E-state index contributed by atoms with van der Waals surface area (Å²) in [5, 5.41) is 3.43. The Morgan fingerprint density at radius 3 is 2.50 bits per heavy atom. The van der Waals surface area contributed by atoms with Gasteiger partial charge >= 0.3 is 0 Å². The van der Waals surface area contributed by atoms with Crippen LogP contribution in [-0.2, 0) is 0 Å². The number of rotatable bonds is 1. The maximum absolute atomic E-state index is 3.43. The highest BCUT2D eigenvalue weighted by atomic mass is 14.9. The number of nitrogens with one attached hydrogen (secondary N) is 1. The van der Waals surface area contributed by atoms with Crippen molar-refractivity contribution in [2.45, 2.75) is 26.7 Å². The Balaban J connectivity index is 1.90.